The van der Waals surface area contributed by atoms with Crippen LogP contribution in [0.25, 0.3) is 10.4 Å². The maximum absolute atomic E-state index is 10.5. The van der Waals surface area contributed by atoms with Gasteiger partial charge in [0.2, 0.25) is 0 Å². The Morgan fingerprint density at radius 1 is 1.14 bits per heavy atom. The van der Waals surface area contributed by atoms with E-state index in [9.17, 15) is 9.90 Å². The van der Waals surface area contributed by atoms with Crippen molar-refractivity contribution in [3.05, 3.63) is 47.3 Å². The van der Waals surface area contributed by atoms with E-state index in [0.717, 1.165) is 10.4 Å². The van der Waals surface area contributed by atoms with Gasteiger partial charge in [-0.15, -0.1) is 11.3 Å². The lowest BCUT2D eigenvalue weighted by Crippen LogP contribution is -2.21. The summed E-state index contributed by atoms with van der Waals surface area (Å²) in [6.45, 7) is 0. The molecule has 1 aromatic heterocycles. The second-order valence-electron chi connectivity index (χ2n) is 2.84. The van der Waals surface area contributed by atoms with Crippen molar-refractivity contribution in [2.75, 3.05) is 0 Å². The first-order valence-corrected chi connectivity index (χ1v) is 5.00. The van der Waals surface area contributed by atoms with E-state index in [1.165, 1.54) is 0 Å². The average Bonchev–Trinajstić information content (AvgIpc) is 2.71. The molecule has 14 heavy (non-hydrogen) atoms. The number of benzene rings is 1. The molecule has 0 radical (unpaired) electrons. The molecule has 0 saturated heterocycles. The first-order valence-electron chi connectivity index (χ1n) is 4.12. The zero-order chi connectivity index (χ0) is 9.97. The molecule has 0 atom stereocenters. The van der Waals surface area contributed by atoms with Gasteiger partial charge in [0, 0.05) is 4.88 Å². The zero-order valence-corrected chi connectivity index (χ0v) is 8.08. The number of carbonyl (C=O) groups is 1. The summed E-state index contributed by atoms with van der Waals surface area (Å²) in [5.41, 5.74) is 1.25. The van der Waals surface area contributed by atoms with Gasteiger partial charge in [0.1, 0.15) is 0 Å². The van der Waals surface area contributed by atoms with E-state index in [-0.39, 0.29) is 5.56 Å². The molecule has 0 amide bonds. The number of carboxylic acid groups (broad SMARTS) is 1. The van der Waals surface area contributed by atoms with Gasteiger partial charge in [-0.1, -0.05) is 30.3 Å². The first-order chi connectivity index (χ1) is 6.77. The van der Waals surface area contributed by atoms with Crippen LogP contribution in [0.3, 0.4) is 0 Å². The highest BCUT2D eigenvalue weighted by Crippen LogP contribution is 2.24. The zero-order valence-electron chi connectivity index (χ0n) is 7.27. The van der Waals surface area contributed by atoms with E-state index in [1.807, 2.05) is 17.5 Å². The minimum absolute atomic E-state index is 0.213. The highest BCUT2D eigenvalue weighted by atomic mass is 32.1. The summed E-state index contributed by atoms with van der Waals surface area (Å²) < 4.78 is 0. The molecule has 0 saturated carbocycles. The van der Waals surface area contributed by atoms with Gasteiger partial charge in [-0.3, -0.25) is 0 Å². The van der Waals surface area contributed by atoms with Gasteiger partial charge < -0.3 is 9.90 Å². The number of carbonyl (C=O) groups excluding carboxylic acids is 1. The van der Waals surface area contributed by atoms with Gasteiger partial charge >= 0.3 is 0 Å². The Bertz CT molecular complexity index is 429. The van der Waals surface area contributed by atoms with Crippen molar-refractivity contribution in [2.45, 2.75) is 0 Å². The predicted octanol–water partition coefficient (Wildman–Crippen LogP) is 1.78. The van der Waals surface area contributed by atoms with Crippen LogP contribution in [-0.4, -0.2) is 5.97 Å². The summed E-state index contributed by atoms with van der Waals surface area (Å²) in [6.07, 6.45) is 0. The number of thiophene rings is 1. The predicted molar refractivity (Wildman–Crippen MR) is 54.1 cm³/mol. The first kappa shape index (κ1) is 8.97. The smallest absolute Gasteiger partial charge is 0.0715 e. The Balaban J connectivity index is 2.36. The van der Waals surface area contributed by atoms with Crippen LogP contribution in [0.1, 0.15) is 10.4 Å². The van der Waals surface area contributed by atoms with Crippen LogP contribution in [0.4, 0.5) is 0 Å². The highest BCUT2D eigenvalue weighted by molar-refractivity contribution is 7.13. The Labute approximate surface area is 85.4 Å². The molecule has 0 bridgehead atoms. The molecule has 0 N–H and O–H groups in total. The number of rotatable bonds is 2. The molecule has 1 aromatic carbocycles. The SMILES string of the molecule is O=C([O-])c1ccc(-c2cccs2)cc1. The number of carboxylic acids is 1. The van der Waals surface area contributed by atoms with Crippen molar-refractivity contribution >= 4 is 17.3 Å². The van der Waals surface area contributed by atoms with Gasteiger partial charge in [0.05, 0.1) is 5.97 Å². The fourth-order valence-corrected chi connectivity index (χ4v) is 1.95. The lowest BCUT2D eigenvalue weighted by atomic mass is 10.1. The molecule has 0 unspecified atom stereocenters. The van der Waals surface area contributed by atoms with Gasteiger partial charge in [-0.05, 0) is 22.6 Å². The van der Waals surface area contributed by atoms with Crippen molar-refractivity contribution in [3.8, 4) is 10.4 Å². The second-order valence-corrected chi connectivity index (χ2v) is 3.79. The third kappa shape index (κ3) is 1.67. The van der Waals surface area contributed by atoms with Crippen LogP contribution in [-0.2, 0) is 0 Å². The minimum Gasteiger partial charge on any atom is -0.545 e. The second kappa shape index (κ2) is 3.64. The topological polar surface area (TPSA) is 40.1 Å². The summed E-state index contributed by atoms with van der Waals surface area (Å²) in [7, 11) is 0. The van der Waals surface area contributed by atoms with E-state index in [4.69, 9.17) is 0 Å². The number of hydrogen-bond acceptors (Lipinski definition) is 3. The summed E-state index contributed by atoms with van der Waals surface area (Å²) in [5.74, 6) is -1.14. The molecule has 70 valence electrons. The van der Waals surface area contributed by atoms with Gasteiger partial charge in [0.15, 0.2) is 0 Å². The molecule has 0 aliphatic carbocycles. The van der Waals surface area contributed by atoms with Crippen LogP contribution < -0.4 is 5.11 Å². The van der Waals surface area contributed by atoms with Crippen molar-refractivity contribution in [1.82, 2.24) is 0 Å². The minimum atomic E-state index is -1.14. The van der Waals surface area contributed by atoms with E-state index >= 15 is 0 Å². The molecular weight excluding hydrogens is 196 g/mol. The van der Waals surface area contributed by atoms with Crippen molar-refractivity contribution in [3.63, 3.8) is 0 Å². The average molecular weight is 203 g/mol. The van der Waals surface area contributed by atoms with Crippen molar-refractivity contribution < 1.29 is 9.90 Å². The maximum Gasteiger partial charge on any atom is 0.0715 e. The molecule has 1 heterocycles. The Kier molecular flexibility index (Phi) is 2.33. The van der Waals surface area contributed by atoms with Crippen molar-refractivity contribution in [1.29, 1.82) is 0 Å². The Morgan fingerprint density at radius 3 is 2.36 bits per heavy atom. The Morgan fingerprint density at radius 2 is 1.86 bits per heavy atom. The van der Waals surface area contributed by atoms with Crippen molar-refractivity contribution in [2.24, 2.45) is 0 Å². The van der Waals surface area contributed by atoms with Gasteiger partial charge in [-0.2, -0.15) is 0 Å². The third-order valence-electron chi connectivity index (χ3n) is 1.93. The van der Waals surface area contributed by atoms with Gasteiger partial charge in [0.25, 0.3) is 0 Å². The standard InChI is InChI=1S/C11H8O2S/c12-11(13)9-5-3-8(4-6-9)10-2-1-7-14-10/h1-7H,(H,12,13)/p-1. The van der Waals surface area contributed by atoms with E-state index in [1.54, 1.807) is 35.6 Å². The largest absolute Gasteiger partial charge is 0.545 e. The number of aromatic carboxylic acids is 1. The summed E-state index contributed by atoms with van der Waals surface area (Å²) in [4.78, 5) is 11.6. The fourth-order valence-electron chi connectivity index (χ4n) is 1.21. The summed E-state index contributed by atoms with van der Waals surface area (Å²) in [6, 6.07) is 10.7. The highest BCUT2D eigenvalue weighted by Gasteiger charge is 1.98. The lowest BCUT2D eigenvalue weighted by Gasteiger charge is -2.02. The fraction of sp³-hybridized carbons (Fsp3) is 0. The lowest BCUT2D eigenvalue weighted by molar-refractivity contribution is -0.255. The van der Waals surface area contributed by atoms with E-state index < -0.39 is 5.97 Å². The molecule has 0 aliphatic rings. The molecule has 2 nitrogen and oxygen atoms in total. The van der Waals surface area contributed by atoms with Gasteiger partial charge in [-0.25, -0.2) is 0 Å². The van der Waals surface area contributed by atoms with E-state index in [2.05, 4.69) is 0 Å². The van der Waals surface area contributed by atoms with Crippen LogP contribution in [0.5, 0.6) is 0 Å². The molecule has 0 spiro atoms. The quantitative estimate of drug-likeness (QED) is 0.746. The normalized spacial score (nSPS) is 10.0. The van der Waals surface area contributed by atoms with Crippen LogP contribution >= 0.6 is 11.3 Å². The number of hydrogen-bond donors (Lipinski definition) is 0. The summed E-state index contributed by atoms with van der Waals surface area (Å²) >= 11 is 1.63. The van der Waals surface area contributed by atoms with Crippen LogP contribution in [0.15, 0.2) is 41.8 Å². The molecule has 0 aliphatic heterocycles. The van der Waals surface area contributed by atoms with Crippen LogP contribution in [0, 0.1) is 0 Å². The third-order valence-corrected chi connectivity index (χ3v) is 2.85. The summed E-state index contributed by atoms with van der Waals surface area (Å²) in [5, 5.41) is 12.5. The maximum atomic E-state index is 10.5. The molecule has 0 fully saturated rings. The molecule has 3 heteroatoms. The van der Waals surface area contributed by atoms with Crippen LogP contribution in [0.2, 0.25) is 0 Å². The monoisotopic (exact) mass is 203 g/mol. The Hall–Kier alpha value is -1.61. The molecule has 2 aromatic rings. The molecular formula is C11H7O2S-. The molecule has 2 rings (SSSR count). The van der Waals surface area contributed by atoms with E-state index in [0.29, 0.717) is 0 Å².